The monoisotopic (exact) mass is 519 g/mol. The maximum atomic E-state index is 12.8. The summed E-state index contributed by atoms with van der Waals surface area (Å²) in [7, 11) is 0. The number of nitrogens with zero attached hydrogens (tertiary/aromatic N) is 4. The van der Waals surface area contributed by atoms with E-state index in [-0.39, 0.29) is 31.0 Å². The van der Waals surface area contributed by atoms with Crippen LogP contribution in [0.4, 0.5) is 4.79 Å². The number of ether oxygens (including phenoxy) is 1. The molecule has 7 nitrogen and oxygen atoms in total. The van der Waals surface area contributed by atoms with E-state index in [1.165, 1.54) is 16.2 Å². The minimum atomic E-state index is -1.73. The van der Waals surface area contributed by atoms with Crippen LogP contribution in [0.3, 0.4) is 0 Å². The van der Waals surface area contributed by atoms with Crippen molar-refractivity contribution < 1.29 is 9.53 Å². The Labute approximate surface area is 203 Å². The number of nitriles is 3. The molecule has 2 aliphatic rings. The van der Waals surface area contributed by atoms with Gasteiger partial charge in [0.05, 0.1) is 23.4 Å². The summed E-state index contributed by atoms with van der Waals surface area (Å²) >= 11 is 4.84. The van der Waals surface area contributed by atoms with Gasteiger partial charge >= 0.3 is 6.09 Å². The van der Waals surface area contributed by atoms with E-state index in [0.29, 0.717) is 5.57 Å². The lowest BCUT2D eigenvalue weighted by Gasteiger charge is -2.44. The predicted molar refractivity (Wildman–Crippen MR) is 125 cm³/mol. The van der Waals surface area contributed by atoms with E-state index < -0.39 is 23.3 Å². The molecule has 164 valence electrons. The summed E-state index contributed by atoms with van der Waals surface area (Å²) < 4.78 is 6.31. The molecule has 0 unspecified atom stereocenters. The van der Waals surface area contributed by atoms with E-state index in [9.17, 15) is 20.6 Å². The Kier molecular flexibility index (Phi) is 6.24. The Hall–Kier alpha value is -3.58. The maximum absolute atomic E-state index is 12.8. The number of rotatable bonds is 3. The largest absolute Gasteiger partial charge is 0.445 e. The van der Waals surface area contributed by atoms with E-state index in [0.717, 1.165) is 14.9 Å². The number of nitrogens with two attached hydrogens (primary N) is 1. The molecule has 4 rings (SSSR count). The van der Waals surface area contributed by atoms with E-state index in [1.54, 1.807) is 6.08 Å². The molecule has 33 heavy (non-hydrogen) atoms. The predicted octanol–water partition coefficient (Wildman–Crippen LogP) is 4.57. The first kappa shape index (κ1) is 22.6. The third-order valence-electron chi connectivity index (χ3n) is 6.02. The summed E-state index contributed by atoms with van der Waals surface area (Å²) in [5.41, 5.74) is 6.21. The molecule has 1 aromatic heterocycles. The van der Waals surface area contributed by atoms with Crippen molar-refractivity contribution in [2.24, 2.45) is 17.1 Å². The third-order valence-corrected chi connectivity index (χ3v) is 7.80. The molecule has 1 aromatic carbocycles. The molecule has 0 fully saturated rings. The average Bonchev–Trinajstić information content (AvgIpc) is 3.27. The van der Waals surface area contributed by atoms with Crippen LogP contribution in [0.5, 0.6) is 0 Å². The molecule has 1 amide bonds. The number of carbonyl (C=O) groups is 1. The van der Waals surface area contributed by atoms with Gasteiger partial charge in [0.25, 0.3) is 0 Å². The standard InChI is InChI=1S/C24H18BrN5O2S/c25-16-8-20(33-12-16)21-19-10-30(23(31)32-11-15-4-2-1-3-5-15)7-6-17(19)18(9-26)22(29)24(21,13-27)14-28/h1-6,8,12,19,21H,7,10-11,29H2/t19-,21+/m0/s1. The maximum Gasteiger partial charge on any atom is 0.410 e. The van der Waals surface area contributed by atoms with Gasteiger partial charge in [-0.25, -0.2) is 4.79 Å². The number of carbonyl (C=O) groups excluding carboxylic acids is 1. The fraction of sp³-hybridized carbons (Fsp3) is 0.250. The number of allylic oxidation sites excluding steroid dienone is 2. The minimum Gasteiger partial charge on any atom is -0.445 e. The van der Waals surface area contributed by atoms with E-state index in [1.807, 2.05) is 41.8 Å². The Morgan fingerprint density at radius 3 is 2.61 bits per heavy atom. The van der Waals surface area contributed by atoms with E-state index >= 15 is 0 Å². The van der Waals surface area contributed by atoms with Gasteiger partial charge in [0, 0.05) is 39.7 Å². The van der Waals surface area contributed by atoms with Crippen molar-refractivity contribution in [1.82, 2.24) is 4.90 Å². The van der Waals surface area contributed by atoms with Crippen LogP contribution < -0.4 is 5.73 Å². The number of hydrogen-bond donors (Lipinski definition) is 1. The highest BCUT2D eigenvalue weighted by molar-refractivity contribution is 9.10. The molecule has 9 heteroatoms. The smallest absolute Gasteiger partial charge is 0.410 e. The van der Waals surface area contributed by atoms with Crippen LogP contribution in [-0.2, 0) is 11.3 Å². The van der Waals surface area contributed by atoms with Crippen molar-refractivity contribution in [3.63, 3.8) is 0 Å². The second-order valence-electron chi connectivity index (χ2n) is 7.79. The molecule has 1 aliphatic heterocycles. The van der Waals surface area contributed by atoms with Gasteiger partial charge in [-0.1, -0.05) is 36.4 Å². The molecule has 2 atom stereocenters. The lowest BCUT2D eigenvalue weighted by molar-refractivity contribution is 0.0900. The fourth-order valence-corrected chi connectivity index (χ4v) is 6.11. The summed E-state index contributed by atoms with van der Waals surface area (Å²) in [6.45, 7) is 0.573. The Morgan fingerprint density at radius 1 is 1.27 bits per heavy atom. The zero-order valence-electron chi connectivity index (χ0n) is 17.4. The molecule has 0 bridgehead atoms. The highest BCUT2D eigenvalue weighted by atomic mass is 79.9. The molecule has 0 saturated carbocycles. The van der Waals surface area contributed by atoms with Crippen LogP contribution in [0.1, 0.15) is 16.4 Å². The van der Waals surface area contributed by atoms with Crippen molar-refractivity contribution in [2.45, 2.75) is 12.5 Å². The summed E-state index contributed by atoms with van der Waals surface area (Å²) in [4.78, 5) is 15.2. The van der Waals surface area contributed by atoms with Gasteiger partial charge in [0.15, 0.2) is 5.41 Å². The first-order chi connectivity index (χ1) is 15.9. The lowest BCUT2D eigenvalue weighted by atomic mass is 9.59. The Morgan fingerprint density at radius 2 is 2.00 bits per heavy atom. The average molecular weight is 520 g/mol. The van der Waals surface area contributed by atoms with Crippen molar-refractivity contribution in [3.05, 3.63) is 79.6 Å². The Balaban J connectivity index is 1.71. The van der Waals surface area contributed by atoms with Crippen LogP contribution >= 0.6 is 27.3 Å². The molecular weight excluding hydrogens is 502 g/mol. The minimum absolute atomic E-state index is 0.0351. The number of thiophene rings is 1. The summed E-state index contributed by atoms with van der Waals surface area (Å²) in [6.07, 6.45) is 1.28. The molecule has 2 aromatic rings. The van der Waals surface area contributed by atoms with Crippen molar-refractivity contribution in [3.8, 4) is 18.2 Å². The molecule has 1 aliphatic carbocycles. The van der Waals surface area contributed by atoms with Crippen molar-refractivity contribution >= 4 is 33.4 Å². The van der Waals surface area contributed by atoms with E-state index in [4.69, 9.17) is 10.5 Å². The van der Waals surface area contributed by atoms with Crippen LogP contribution in [0.25, 0.3) is 0 Å². The first-order valence-electron chi connectivity index (χ1n) is 10.1. The molecule has 2 N–H and O–H groups in total. The highest BCUT2D eigenvalue weighted by Gasteiger charge is 2.55. The molecule has 0 radical (unpaired) electrons. The topological polar surface area (TPSA) is 127 Å². The van der Waals surface area contributed by atoms with Crippen LogP contribution in [0.15, 0.2) is 69.2 Å². The summed E-state index contributed by atoms with van der Waals surface area (Å²) in [5.74, 6) is -1.10. The summed E-state index contributed by atoms with van der Waals surface area (Å²) in [6, 6.07) is 17.5. The normalized spacial score (nSPS) is 21.2. The van der Waals surface area contributed by atoms with Crippen LogP contribution in [0, 0.1) is 45.3 Å². The molecule has 2 heterocycles. The van der Waals surface area contributed by atoms with Gasteiger partial charge in [0.1, 0.15) is 12.7 Å². The fourth-order valence-electron chi connectivity index (χ4n) is 4.44. The van der Waals surface area contributed by atoms with Gasteiger partial charge in [-0.3, -0.25) is 0 Å². The molecule has 0 spiro atoms. The molecule has 0 saturated heterocycles. The highest BCUT2D eigenvalue weighted by Crippen LogP contribution is 2.55. The first-order valence-corrected chi connectivity index (χ1v) is 11.7. The Bertz CT molecular complexity index is 1260. The number of hydrogen-bond acceptors (Lipinski definition) is 7. The van der Waals surface area contributed by atoms with Gasteiger partial charge in [-0.15, -0.1) is 11.3 Å². The second-order valence-corrected chi connectivity index (χ2v) is 9.65. The van der Waals surface area contributed by atoms with Crippen LogP contribution in [-0.4, -0.2) is 24.1 Å². The lowest BCUT2D eigenvalue weighted by Crippen LogP contribution is -2.49. The zero-order valence-corrected chi connectivity index (χ0v) is 19.8. The quantitative estimate of drug-likeness (QED) is 0.632. The zero-order chi connectivity index (χ0) is 23.6. The van der Waals surface area contributed by atoms with Gasteiger partial charge in [-0.05, 0) is 33.1 Å². The van der Waals surface area contributed by atoms with Gasteiger partial charge < -0.3 is 15.4 Å². The summed E-state index contributed by atoms with van der Waals surface area (Å²) in [5, 5.41) is 31.9. The van der Waals surface area contributed by atoms with Crippen molar-refractivity contribution in [1.29, 1.82) is 15.8 Å². The third kappa shape index (κ3) is 3.89. The number of halogens is 1. The molecular formula is C24H18BrN5O2S. The number of benzene rings is 1. The van der Waals surface area contributed by atoms with Gasteiger partial charge in [-0.2, -0.15) is 15.8 Å². The number of fused-ring (bicyclic) bond motifs is 1. The van der Waals surface area contributed by atoms with E-state index in [2.05, 4.69) is 34.1 Å². The number of amides is 1. The van der Waals surface area contributed by atoms with Crippen molar-refractivity contribution in [2.75, 3.05) is 13.1 Å². The SMILES string of the molecule is N#CC1=C(N)C(C#N)(C#N)[C@@H](c2cc(Br)cs2)[C@H]2CN(C(=O)OCc3ccccc3)CC=C12. The van der Waals surface area contributed by atoms with Gasteiger partial charge in [0.2, 0.25) is 0 Å². The second kappa shape index (κ2) is 9.11. The van der Waals surface area contributed by atoms with Crippen LogP contribution in [0.2, 0.25) is 0 Å².